The molecule has 2 heterocycles. The Kier molecular flexibility index (Phi) is 5.64. The van der Waals surface area contributed by atoms with Crippen LogP contribution in [0.25, 0.3) is 16.6 Å². The monoisotopic (exact) mass is 444 g/mol. The van der Waals surface area contributed by atoms with E-state index < -0.39 is 11.4 Å². The molecular formula is C25H24N4O4. The standard InChI is InChI=1S/C25H24N4O4/c1-25(12-13-28(3)24(25)32)11-10-16-6-5-7-18(14-16)29-20-9-8-17(22(30)26-2)15-19(20)21(27-29)23(31)33-4/h5-9,14-15H,12-13H2,1-4H3,(H,26,30)/t25-/m1/s1. The molecule has 3 aromatic rings. The van der Waals surface area contributed by atoms with Crippen molar-refractivity contribution in [2.45, 2.75) is 13.3 Å². The third-order valence-electron chi connectivity index (χ3n) is 5.89. The Morgan fingerprint density at radius 1 is 1.21 bits per heavy atom. The van der Waals surface area contributed by atoms with Crippen LogP contribution in [0.3, 0.4) is 0 Å². The fraction of sp³-hybridized carbons (Fsp3) is 0.280. The summed E-state index contributed by atoms with van der Waals surface area (Å²) in [6.45, 7) is 2.56. The van der Waals surface area contributed by atoms with E-state index in [1.165, 1.54) is 7.11 Å². The van der Waals surface area contributed by atoms with Gasteiger partial charge in [-0.15, -0.1) is 0 Å². The number of nitrogens with zero attached hydrogens (tertiary/aromatic N) is 3. The van der Waals surface area contributed by atoms with Gasteiger partial charge in [-0.25, -0.2) is 9.48 Å². The second-order valence-corrected chi connectivity index (χ2v) is 8.17. The van der Waals surface area contributed by atoms with Crippen LogP contribution in [0.1, 0.15) is 39.8 Å². The number of rotatable bonds is 3. The van der Waals surface area contributed by atoms with E-state index in [-0.39, 0.29) is 17.5 Å². The molecule has 1 aliphatic rings. The number of esters is 1. The van der Waals surface area contributed by atoms with Gasteiger partial charge in [0.2, 0.25) is 5.91 Å². The number of fused-ring (bicyclic) bond motifs is 1. The Hall–Kier alpha value is -4.12. The van der Waals surface area contributed by atoms with E-state index >= 15 is 0 Å². The third-order valence-corrected chi connectivity index (χ3v) is 5.89. The summed E-state index contributed by atoms with van der Waals surface area (Å²) >= 11 is 0. The number of methoxy groups -OCH3 is 1. The highest BCUT2D eigenvalue weighted by Gasteiger charge is 2.39. The predicted molar refractivity (Wildman–Crippen MR) is 123 cm³/mol. The molecule has 0 unspecified atom stereocenters. The van der Waals surface area contributed by atoms with E-state index in [9.17, 15) is 14.4 Å². The number of likely N-dealkylation sites (tertiary alicyclic amines) is 1. The molecule has 0 bridgehead atoms. The van der Waals surface area contributed by atoms with Crippen molar-refractivity contribution in [1.82, 2.24) is 20.0 Å². The van der Waals surface area contributed by atoms with Crippen molar-refractivity contribution in [3.63, 3.8) is 0 Å². The molecule has 2 aromatic carbocycles. The lowest BCUT2D eigenvalue weighted by molar-refractivity contribution is -0.131. The summed E-state index contributed by atoms with van der Waals surface area (Å²) in [4.78, 5) is 38.6. The normalized spacial score (nSPS) is 17.6. The van der Waals surface area contributed by atoms with E-state index in [4.69, 9.17) is 4.74 Å². The first-order valence-electron chi connectivity index (χ1n) is 10.5. The van der Waals surface area contributed by atoms with Gasteiger partial charge in [-0.1, -0.05) is 17.9 Å². The first-order chi connectivity index (χ1) is 15.8. The van der Waals surface area contributed by atoms with Crippen molar-refractivity contribution in [3.8, 4) is 17.5 Å². The maximum absolute atomic E-state index is 12.4. The largest absolute Gasteiger partial charge is 0.464 e. The summed E-state index contributed by atoms with van der Waals surface area (Å²) in [7, 11) is 4.61. The van der Waals surface area contributed by atoms with Gasteiger partial charge in [0.05, 0.1) is 18.3 Å². The molecule has 1 fully saturated rings. The van der Waals surface area contributed by atoms with Gasteiger partial charge in [0.1, 0.15) is 5.41 Å². The van der Waals surface area contributed by atoms with Crippen LogP contribution in [0.15, 0.2) is 42.5 Å². The van der Waals surface area contributed by atoms with Gasteiger partial charge in [0.25, 0.3) is 5.91 Å². The minimum Gasteiger partial charge on any atom is -0.464 e. The summed E-state index contributed by atoms with van der Waals surface area (Å²) in [5, 5.41) is 7.55. The van der Waals surface area contributed by atoms with Gasteiger partial charge in [-0.05, 0) is 49.7 Å². The molecule has 0 aliphatic carbocycles. The summed E-state index contributed by atoms with van der Waals surface area (Å²) < 4.78 is 6.52. The highest BCUT2D eigenvalue weighted by Crippen LogP contribution is 2.30. The van der Waals surface area contributed by atoms with E-state index in [2.05, 4.69) is 22.3 Å². The molecule has 0 spiro atoms. The van der Waals surface area contributed by atoms with Gasteiger partial charge in [0, 0.05) is 37.2 Å². The summed E-state index contributed by atoms with van der Waals surface area (Å²) in [5.41, 5.74) is 1.89. The third kappa shape index (κ3) is 3.94. The van der Waals surface area contributed by atoms with Gasteiger partial charge in [0.15, 0.2) is 5.69 Å². The highest BCUT2D eigenvalue weighted by molar-refractivity contribution is 6.05. The lowest BCUT2D eigenvalue weighted by Crippen LogP contribution is -2.28. The zero-order valence-corrected chi connectivity index (χ0v) is 18.9. The lowest BCUT2D eigenvalue weighted by atomic mass is 9.89. The molecule has 1 saturated heterocycles. The topological polar surface area (TPSA) is 93.5 Å². The van der Waals surface area contributed by atoms with Crippen LogP contribution in [0, 0.1) is 17.3 Å². The van der Waals surface area contributed by atoms with Crippen LogP contribution in [-0.2, 0) is 9.53 Å². The minimum atomic E-state index is -0.697. The smallest absolute Gasteiger partial charge is 0.359 e. The summed E-state index contributed by atoms with van der Waals surface area (Å²) in [6, 6.07) is 12.4. The molecule has 1 N–H and O–H groups in total. The number of nitrogens with one attached hydrogen (secondary N) is 1. The van der Waals surface area contributed by atoms with Crippen molar-refractivity contribution in [1.29, 1.82) is 0 Å². The van der Waals surface area contributed by atoms with Crippen LogP contribution < -0.4 is 5.32 Å². The molecule has 0 saturated carbocycles. The fourth-order valence-corrected chi connectivity index (χ4v) is 3.91. The predicted octanol–water partition coefficient (Wildman–Crippen LogP) is 2.39. The maximum atomic E-state index is 12.4. The quantitative estimate of drug-likeness (QED) is 0.495. The number of carbonyl (C=O) groups is 3. The van der Waals surface area contributed by atoms with E-state index in [1.54, 1.807) is 41.9 Å². The number of carbonyl (C=O) groups excluding carboxylic acids is 3. The van der Waals surface area contributed by atoms with Gasteiger partial charge in [-0.2, -0.15) is 5.10 Å². The summed E-state index contributed by atoms with van der Waals surface area (Å²) in [5.74, 6) is 5.43. The number of aromatic nitrogens is 2. The lowest BCUT2D eigenvalue weighted by Gasteiger charge is -2.14. The number of ether oxygens (including phenoxy) is 1. The number of amides is 2. The molecule has 8 nitrogen and oxygen atoms in total. The first kappa shape index (κ1) is 22.1. The Morgan fingerprint density at radius 2 is 2.00 bits per heavy atom. The number of hydrogen-bond donors (Lipinski definition) is 1. The maximum Gasteiger partial charge on any atom is 0.359 e. The molecule has 8 heteroatoms. The molecule has 168 valence electrons. The van der Waals surface area contributed by atoms with Crippen molar-refractivity contribution < 1.29 is 19.1 Å². The highest BCUT2D eigenvalue weighted by atomic mass is 16.5. The van der Waals surface area contributed by atoms with Crippen LogP contribution in [0.5, 0.6) is 0 Å². The fourth-order valence-electron chi connectivity index (χ4n) is 3.91. The van der Waals surface area contributed by atoms with Crippen LogP contribution in [0.4, 0.5) is 0 Å². The number of benzene rings is 2. The van der Waals surface area contributed by atoms with Gasteiger partial charge < -0.3 is 15.0 Å². The first-order valence-corrected chi connectivity index (χ1v) is 10.5. The molecule has 1 aliphatic heterocycles. The Balaban J connectivity index is 1.79. The zero-order valence-electron chi connectivity index (χ0n) is 18.9. The molecular weight excluding hydrogens is 420 g/mol. The van der Waals surface area contributed by atoms with Crippen LogP contribution >= 0.6 is 0 Å². The van der Waals surface area contributed by atoms with Gasteiger partial charge in [-0.3, -0.25) is 9.59 Å². The average Bonchev–Trinajstić information content (AvgIpc) is 3.35. The Bertz CT molecular complexity index is 1350. The molecule has 1 atom stereocenters. The molecule has 0 radical (unpaired) electrons. The molecule has 2 amide bonds. The van der Waals surface area contributed by atoms with Gasteiger partial charge >= 0.3 is 5.97 Å². The SMILES string of the molecule is CNC(=O)c1ccc2c(c1)c(C(=O)OC)nn2-c1cccc(C#C[C@]2(C)CCN(C)C2=O)c1. The van der Waals surface area contributed by atoms with Crippen molar-refractivity contribution in [2.75, 3.05) is 27.7 Å². The van der Waals surface area contributed by atoms with Crippen molar-refractivity contribution in [2.24, 2.45) is 5.41 Å². The van der Waals surface area contributed by atoms with E-state index in [0.717, 1.165) is 5.56 Å². The molecule has 33 heavy (non-hydrogen) atoms. The van der Waals surface area contributed by atoms with Crippen molar-refractivity contribution >= 4 is 28.7 Å². The van der Waals surface area contributed by atoms with Crippen LogP contribution in [0.2, 0.25) is 0 Å². The van der Waals surface area contributed by atoms with E-state index in [0.29, 0.717) is 35.1 Å². The zero-order chi connectivity index (χ0) is 23.8. The Morgan fingerprint density at radius 3 is 2.67 bits per heavy atom. The molecule has 4 rings (SSSR count). The van der Waals surface area contributed by atoms with E-state index in [1.807, 2.05) is 31.2 Å². The Labute approximate surface area is 191 Å². The minimum absolute atomic E-state index is 0.0267. The second kappa shape index (κ2) is 8.43. The average molecular weight is 444 g/mol. The van der Waals surface area contributed by atoms with Crippen molar-refractivity contribution in [3.05, 3.63) is 59.3 Å². The number of hydrogen-bond acceptors (Lipinski definition) is 5. The summed E-state index contributed by atoms with van der Waals surface area (Å²) in [6.07, 6.45) is 0.689. The molecule has 1 aromatic heterocycles. The van der Waals surface area contributed by atoms with Crippen LogP contribution in [-0.4, -0.2) is 60.2 Å². The second-order valence-electron chi connectivity index (χ2n) is 8.17.